The average Bonchev–Trinajstić information content (AvgIpc) is 3.20. The number of nitrogens with zero attached hydrogens (tertiary/aromatic N) is 3. The molecule has 2 heterocycles. The molecule has 5 rings (SSSR count). The van der Waals surface area contributed by atoms with Crippen molar-refractivity contribution in [2.45, 2.75) is 52.7 Å². The van der Waals surface area contributed by atoms with Gasteiger partial charge in [0.15, 0.2) is 5.82 Å². The van der Waals surface area contributed by atoms with Crippen molar-refractivity contribution in [3.05, 3.63) is 41.3 Å². The quantitative estimate of drug-likeness (QED) is 0.439. The van der Waals surface area contributed by atoms with Crippen LogP contribution in [0.4, 0.5) is 5.82 Å². The van der Waals surface area contributed by atoms with E-state index in [4.69, 9.17) is 19.2 Å². The fourth-order valence-electron chi connectivity index (χ4n) is 5.18. The van der Waals surface area contributed by atoms with Gasteiger partial charge in [0.25, 0.3) is 0 Å². The number of benzene rings is 1. The number of rotatable bonds is 9. The van der Waals surface area contributed by atoms with Gasteiger partial charge in [-0.2, -0.15) is 0 Å². The lowest BCUT2D eigenvalue weighted by Crippen LogP contribution is -2.36. The Morgan fingerprint density at radius 2 is 2.06 bits per heavy atom. The zero-order valence-corrected chi connectivity index (χ0v) is 20.5. The van der Waals surface area contributed by atoms with Crippen LogP contribution in [0.5, 0.6) is 5.75 Å². The van der Waals surface area contributed by atoms with Gasteiger partial charge in [0.1, 0.15) is 30.0 Å². The fraction of sp³-hybridized carbons (Fsp3) is 0.500. The second-order valence-electron chi connectivity index (χ2n) is 10.0. The first-order valence-electron chi connectivity index (χ1n) is 11.9. The minimum absolute atomic E-state index is 0.206. The highest BCUT2D eigenvalue weighted by Gasteiger charge is 2.63. The highest BCUT2D eigenvalue weighted by molar-refractivity contribution is 5.74. The molecular weight excluding hydrogens is 430 g/mol. The van der Waals surface area contributed by atoms with Crippen molar-refractivity contribution in [3.8, 4) is 28.4 Å². The molecule has 34 heavy (non-hydrogen) atoms. The molecule has 8 heteroatoms. The number of aromatic nitrogens is 3. The number of anilines is 1. The molecule has 0 radical (unpaired) electrons. The average molecular weight is 464 g/mol. The molecule has 0 aliphatic heterocycles. The molecule has 2 aromatic heterocycles. The highest BCUT2D eigenvalue weighted by atomic mass is 16.5. The summed E-state index contributed by atoms with van der Waals surface area (Å²) in [5.74, 6) is 3.61. The van der Waals surface area contributed by atoms with Gasteiger partial charge in [-0.05, 0) is 64.1 Å². The van der Waals surface area contributed by atoms with Crippen LogP contribution in [0.15, 0.2) is 28.8 Å². The third-order valence-corrected chi connectivity index (χ3v) is 7.31. The molecular formula is C26H33N5O3. The zero-order valence-electron chi connectivity index (χ0n) is 20.5. The van der Waals surface area contributed by atoms with Gasteiger partial charge in [0, 0.05) is 23.7 Å². The van der Waals surface area contributed by atoms with Crippen molar-refractivity contribution in [1.82, 2.24) is 20.4 Å². The lowest BCUT2D eigenvalue weighted by Gasteiger charge is -2.33. The van der Waals surface area contributed by atoms with Gasteiger partial charge in [0.05, 0.1) is 17.0 Å². The van der Waals surface area contributed by atoms with E-state index < -0.39 is 6.10 Å². The smallest absolute Gasteiger partial charge is 0.162 e. The molecule has 180 valence electrons. The number of nitrogens with one attached hydrogen (secondary N) is 2. The van der Waals surface area contributed by atoms with Gasteiger partial charge in [-0.25, -0.2) is 9.97 Å². The monoisotopic (exact) mass is 463 g/mol. The van der Waals surface area contributed by atoms with Crippen LogP contribution in [0.1, 0.15) is 36.8 Å². The number of likely N-dealkylation sites (N-methyl/N-ethyl adjacent to an activating group) is 1. The summed E-state index contributed by atoms with van der Waals surface area (Å²) in [5, 5.41) is 20.8. The lowest BCUT2D eigenvalue weighted by molar-refractivity contribution is 0.108. The maximum absolute atomic E-state index is 9.98. The number of aliphatic hydroxyl groups is 1. The fourth-order valence-corrected chi connectivity index (χ4v) is 5.18. The Hall–Kier alpha value is -2.97. The standard InChI is InChI=1S/C26H33N5O3/c1-14-23(22-15(2)31-34-16(22)3)29-25(30-24(14)28-21-11-26(4)10-20(21)26)17-7-6-8-19(9-17)33-13-18(32)12-27-5/h6-9,18,20-21,27,32H,10-13H2,1-5H3,(H,28,29,30)/t18?,20?,21-,26+/m1/s1. The molecule has 2 unspecified atom stereocenters. The summed E-state index contributed by atoms with van der Waals surface area (Å²) >= 11 is 0. The van der Waals surface area contributed by atoms with Crippen LogP contribution >= 0.6 is 0 Å². The number of aryl methyl sites for hydroxylation is 2. The predicted octanol–water partition coefficient (Wildman–Crippen LogP) is 3.89. The highest BCUT2D eigenvalue weighted by Crippen LogP contribution is 2.67. The van der Waals surface area contributed by atoms with E-state index in [2.05, 4.69) is 29.6 Å². The number of fused-ring (bicyclic) bond motifs is 1. The molecule has 2 aliphatic rings. The van der Waals surface area contributed by atoms with Gasteiger partial charge < -0.3 is 25.0 Å². The largest absolute Gasteiger partial charge is 0.491 e. The van der Waals surface area contributed by atoms with Crippen molar-refractivity contribution < 1.29 is 14.4 Å². The first-order valence-corrected chi connectivity index (χ1v) is 11.9. The van der Waals surface area contributed by atoms with Crippen LogP contribution < -0.4 is 15.4 Å². The Kier molecular flexibility index (Phi) is 5.81. The van der Waals surface area contributed by atoms with Crippen molar-refractivity contribution >= 4 is 5.82 Å². The molecule has 2 aliphatic carbocycles. The van der Waals surface area contributed by atoms with Crippen molar-refractivity contribution in [2.24, 2.45) is 11.3 Å². The van der Waals surface area contributed by atoms with E-state index >= 15 is 0 Å². The summed E-state index contributed by atoms with van der Waals surface area (Å²) < 4.78 is 11.3. The molecule has 0 amide bonds. The van der Waals surface area contributed by atoms with Gasteiger partial charge in [0.2, 0.25) is 0 Å². The van der Waals surface area contributed by atoms with E-state index in [0.29, 0.717) is 29.6 Å². The van der Waals surface area contributed by atoms with E-state index in [-0.39, 0.29) is 6.61 Å². The number of ether oxygens (including phenoxy) is 1. The second kappa shape index (κ2) is 8.67. The first kappa shape index (κ1) is 22.8. The number of hydrogen-bond acceptors (Lipinski definition) is 8. The summed E-state index contributed by atoms with van der Waals surface area (Å²) in [6.07, 6.45) is 1.88. The van der Waals surface area contributed by atoms with E-state index in [1.807, 2.05) is 38.1 Å². The Morgan fingerprint density at radius 1 is 1.24 bits per heavy atom. The third-order valence-electron chi connectivity index (χ3n) is 7.31. The summed E-state index contributed by atoms with van der Waals surface area (Å²) in [6, 6.07) is 8.14. The number of hydrogen-bond donors (Lipinski definition) is 3. The van der Waals surface area contributed by atoms with Crippen LogP contribution in [0, 0.1) is 32.1 Å². The van der Waals surface area contributed by atoms with Crippen LogP contribution in [-0.4, -0.2) is 52.6 Å². The summed E-state index contributed by atoms with van der Waals surface area (Å²) in [4.78, 5) is 9.91. The van der Waals surface area contributed by atoms with Gasteiger partial charge in [-0.15, -0.1) is 0 Å². The third kappa shape index (κ3) is 4.16. The molecule has 3 aromatic rings. The van der Waals surface area contributed by atoms with E-state index in [9.17, 15) is 5.11 Å². The van der Waals surface area contributed by atoms with E-state index in [1.165, 1.54) is 12.8 Å². The molecule has 8 nitrogen and oxygen atoms in total. The Labute approximate surface area is 200 Å². The molecule has 0 saturated heterocycles. The molecule has 3 N–H and O–H groups in total. The first-order chi connectivity index (χ1) is 16.3. The predicted molar refractivity (Wildman–Crippen MR) is 131 cm³/mol. The van der Waals surface area contributed by atoms with Gasteiger partial charge in [-0.1, -0.05) is 24.2 Å². The number of aliphatic hydroxyl groups excluding tert-OH is 1. The van der Waals surface area contributed by atoms with Crippen LogP contribution in [0.25, 0.3) is 22.6 Å². The molecule has 4 atom stereocenters. The normalized spacial score (nSPS) is 23.7. The van der Waals surface area contributed by atoms with Crippen LogP contribution in [-0.2, 0) is 0 Å². The summed E-state index contributed by atoms with van der Waals surface area (Å²) in [6.45, 7) is 8.95. The Morgan fingerprint density at radius 3 is 2.71 bits per heavy atom. The molecule has 2 saturated carbocycles. The Bertz CT molecular complexity index is 1190. The summed E-state index contributed by atoms with van der Waals surface area (Å²) in [7, 11) is 1.80. The van der Waals surface area contributed by atoms with Crippen molar-refractivity contribution in [1.29, 1.82) is 0 Å². The van der Waals surface area contributed by atoms with Gasteiger partial charge >= 0.3 is 0 Å². The maximum atomic E-state index is 9.98. The topological polar surface area (TPSA) is 105 Å². The SMILES string of the molecule is CNCC(O)COc1cccc(-c2nc(N[C@@H]3C[C@]4(C)CC34)c(C)c(-c3c(C)noc3C)n2)c1. The summed E-state index contributed by atoms with van der Waals surface area (Å²) in [5.41, 5.74) is 4.92. The molecule has 1 aromatic carbocycles. The van der Waals surface area contributed by atoms with Crippen LogP contribution in [0.3, 0.4) is 0 Å². The second-order valence-corrected chi connectivity index (χ2v) is 10.0. The van der Waals surface area contributed by atoms with Crippen molar-refractivity contribution in [2.75, 3.05) is 25.5 Å². The zero-order chi connectivity index (χ0) is 24.0. The molecule has 2 fully saturated rings. The van der Waals surface area contributed by atoms with Gasteiger partial charge in [-0.3, -0.25) is 0 Å². The molecule has 0 bridgehead atoms. The minimum atomic E-state index is -0.582. The van der Waals surface area contributed by atoms with E-state index in [0.717, 1.165) is 45.6 Å². The minimum Gasteiger partial charge on any atom is -0.491 e. The Balaban J connectivity index is 1.50. The lowest BCUT2D eigenvalue weighted by atomic mass is 9.81. The van der Waals surface area contributed by atoms with Crippen molar-refractivity contribution in [3.63, 3.8) is 0 Å². The maximum Gasteiger partial charge on any atom is 0.162 e. The van der Waals surface area contributed by atoms with E-state index in [1.54, 1.807) is 7.05 Å². The molecule has 0 spiro atoms. The van der Waals surface area contributed by atoms with Crippen LogP contribution in [0.2, 0.25) is 0 Å².